The van der Waals surface area contributed by atoms with E-state index >= 15 is 0 Å². The molecular formula is C9H19NO3. The van der Waals surface area contributed by atoms with E-state index in [1.54, 1.807) is 13.8 Å². The zero-order valence-corrected chi connectivity index (χ0v) is 8.87. The molecule has 0 aromatic heterocycles. The summed E-state index contributed by atoms with van der Waals surface area (Å²) in [5, 5.41) is 9.47. The topological polar surface area (TPSA) is 52.4 Å². The van der Waals surface area contributed by atoms with Gasteiger partial charge in [0.15, 0.2) is 0 Å². The van der Waals surface area contributed by atoms with Crippen LogP contribution < -0.4 is 0 Å². The molecule has 0 aliphatic heterocycles. The Bertz CT molecular complexity index is 168. The predicted octanol–water partition coefficient (Wildman–Crippen LogP) is 2.80. The van der Waals surface area contributed by atoms with Crippen LogP contribution in [0, 0.1) is 16.0 Å². The molecular weight excluding hydrogens is 170 g/mol. The lowest BCUT2D eigenvalue weighted by atomic mass is 9.88. The first kappa shape index (κ1) is 12.2. The number of rotatable bonds is 6. The summed E-state index contributed by atoms with van der Waals surface area (Å²) < 4.78 is 0. The second-order valence-electron chi connectivity index (χ2n) is 3.96. The van der Waals surface area contributed by atoms with Gasteiger partial charge in [-0.15, -0.1) is 10.1 Å². The second-order valence-corrected chi connectivity index (χ2v) is 3.96. The van der Waals surface area contributed by atoms with Crippen LogP contribution in [0.1, 0.15) is 47.0 Å². The Morgan fingerprint density at radius 3 is 2.46 bits per heavy atom. The van der Waals surface area contributed by atoms with E-state index in [1.165, 1.54) is 0 Å². The van der Waals surface area contributed by atoms with E-state index in [1.807, 2.05) is 6.92 Å². The predicted molar refractivity (Wildman–Crippen MR) is 50.8 cm³/mol. The van der Waals surface area contributed by atoms with Crippen molar-refractivity contribution in [3.8, 4) is 0 Å². The number of hydrogen-bond acceptors (Lipinski definition) is 3. The van der Waals surface area contributed by atoms with Gasteiger partial charge in [-0.25, -0.2) is 0 Å². The zero-order chi connectivity index (χ0) is 10.5. The summed E-state index contributed by atoms with van der Waals surface area (Å²) in [4.78, 5) is 14.8. The van der Waals surface area contributed by atoms with Crippen LogP contribution in [0.3, 0.4) is 0 Å². The lowest BCUT2D eigenvalue weighted by Gasteiger charge is -2.29. The Balaban J connectivity index is 4.01. The molecule has 0 fully saturated rings. The molecule has 4 nitrogen and oxygen atoms in total. The maximum atomic E-state index is 10.2. The van der Waals surface area contributed by atoms with Crippen molar-refractivity contribution in [2.45, 2.75) is 52.6 Å². The SMILES string of the molecule is CCCCC(C)C(C)(C)O[N+](=O)[O-]. The van der Waals surface area contributed by atoms with Crippen molar-refractivity contribution in [1.82, 2.24) is 0 Å². The largest absolute Gasteiger partial charge is 0.308 e. The van der Waals surface area contributed by atoms with Gasteiger partial charge in [-0.1, -0.05) is 26.7 Å². The highest BCUT2D eigenvalue weighted by Crippen LogP contribution is 2.25. The minimum atomic E-state index is -0.706. The maximum Gasteiger partial charge on any atom is 0.295 e. The van der Waals surface area contributed by atoms with E-state index in [4.69, 9.17) is 0 Å². The summed E-state index contributed by atoms with van der Waals surface area (Å²) in [5.41, 5.74) is -0.668. The molecule has 0 saturated carbocycles. The first-order valence-corrected chi connectivity index (χ1v) is 4.73. The molecule has 0 heterocycles. The average molecular weight is 189 g/mol. The average Bonchev–Trinajstić information content (AvgIpc) is 1.97. The Labute approximate surface area is 79.4 Å². The van der Waals surface area contributed by atoms with E-state index in [0.717, 1.165) is 19.3 Å². The molecule has 1 unspecified atom stereocenters. The van der Waals surface area contributed by atoms with Crippen LogP contribution >= 0.6 is 0 Å². The highest BCUT2D eigenvalue weighted by molar-refractivity contribution is 4.74. The number of nitrogens with zero attached hydrogens (tertiary/aromatic N) is 1. The van der Waals surface area contributed by atoms with Crippen LogP contribution in [0.2, 0.25) is 0 Å². The van der Waals surface area contributed by atoms with E-state index in [0.29, 0.717) is 0 Å². The molecule has 0 aliphatic rings. The van der Waals surface area contributed by atoms with E-state index in [9.17, 15) is 10.1 Å². The third kappa shape index (κ3) is 4.70. The molecule has 0 aromatic rings. The molecule has 0 aromatic carbocycles. The summed E-state index contributed by atoms with van der Waals surface area (Å²) in [6, 6.07) is 0. The van der Waals surface area contributed by atoms with Crippen molar-refractivity contribution in [1.29, 1.82) is 0 Å². The van der Waals surface area contributed by atoms with Gasteiger partial charge in [0.05, 0.1) is 0 Å². The fraction of sp³-hybridized carbons (Fsp3) is 1.00. The molecule has 78 valence electrons. The van der Waals surface area contributed by atoms with Gasteiger partial charge in [0.1, 0.15) is 5.60 Å². The molecule has 0 amide bonds. The van der Waals surface area contributed by atoms with Gasteiger partial charge in [0, 0.05) is 0 Å². The van der Waals surface area contributed by atoms with Crippen molar-refractivity contribution >= 4 is 0 Å². The molecule has 0 aliphatic carbocycles. The molecule has 4 heteroatoms. The fourth-order valence-electron chi connectivity index (χ4n) is 1.14. The van der Waals surface area contributed by atoms with Crippen LogP contribution in [0.25, 0.3) is 0 Å². The Kier molecular flexibility index (Phi) is 4.73. The van der Waals surface area contributed by atoms with Gasteiger partial charge in [-0.05, 0) is 26.2 Å². The third-order valence-corrected chi connectivity index (χ3v) is 2.49. The van der Waals surface area contributed by atoms with Crippen LogP contribution in [0.4, 0.5) is 0 Å². The van der Waals surface area contributed by atoms with Crippen molar-refractivity contribution in [2.75, 3.05) is 0 Å². The summed E-state index contributed by atoms with van der Waals surface area (Å²) >= 11 is 0. The molecule has 0 radical (unpaired) electrons. The lowest BCUT2D eigenvalue weighted by Crippen LogP contribution is -2.34. The van der Waals surface area contributed by atoms with Crippen LogP contribution in [-0.2, 0) is 4.84 Å². The van der Waals surface area contributed by atoms with Crippen LogP contribution in [0.5, 0.6) is 0 Å². The Morgan fingerprint density at radius 1 is 1.54 bits per heavy atom. The normalized spacial score (nSPS) is 13.8. The smallest absolute Gasteiger partial charge is 0.295 e. The first-order valence-electron chi connectivity index (χ1n) is 4.73. The molecule has 13 heavy (non-hydrogen) atoms. The van der Waals surface area contributed by atoms with Crippen LogP contribution in [0.15, 0.2) is 0 Å². The van der Waals surface area contributed by atoms with Gasteiger partial charge in [-0.2, -0.15) is 0 Å². The summed E-state index contributed by atoms with van der Waals surface area (Å²) in [5.74, 6) is 0.206. The van der Waals surface area contributed by atoms with Gasteiger partial charge < -0.3 is 4.84 Å². The van der Waals surface area contributed by atoms with Crippen molar-refractivity contribution < 1.29 is 9.92 Å². The van der Waals surface area contributed by atoms with Gasteiger partial charge in [0.2, 0.25) is 0 Å². The van der Waals surface area contributed by atoms with E-state index in [2.05, 4.69) is 11.8 Å². The summed E-state index contributed by atoms with van der Waals surface area (Å²) in [6.45, 7) is 7.61. The molecule has 0 bridgehead atoms. The standard InChI is InChI=1S/C9H19NO3/c1-5-6-7-8(2)9(3,4)13-10(11)12/h8H,5-7H2,1-4H3. The molecule has 0 saturated heterocycles. The molecule has 0 N–H and O–H groups in total. The minimum absolute atomic E-state index is 0.206. The summed E-state index contributed by atoms with van der Waals surface area (Å²) in [7, 11) is 0. The fourth-order valence-corrected chi connectivity index (χ4v) is 1.14. The monoisotopic (exact) mass is 189 g/mol. The van der Waals surface area contributed by atoms with Crippen molar-refractivity contribution in [3.63, 3.8) is 0 Å². The van der Waals surface area contributed by atoms with E-state index < -0.39 is 10.7 Å². The van der Waals surface area contributed by atoms with Crippen molar-refractivity contribution in [2.24, 2.45) is 5.92 Å². The van der Waals surface area contributed by atoms with Crippen molar-refractivity contribution in [3.05, 3.63) is 10.1 Å². The van der Waals surface area contributed by atoms with E-state index in [-0.39, 0.29) is 5.92 Å². The maximum absolute atomic E-state index is 10.2. The van der Waals surface area contributed by atoms with Crippen LogP contribution in [-0.4, -0.2) is 10.7 Å². The zero-order valence-electron chi connectivity index (χ0n) is 8.87. The Morgan fingerprint density at radius 2 is 2.08 bits per heavy atom. The molecule has 0 spiro atoms. The molecule has 0 rings (SSSR count). The highest BCUT2D eigenvalue weighted by Gasteiger charge is 2.29. The number of unbranched alkanes of at least 4 members (excludes halogenated alkanes) is 1. The third-order valence-electron chi connectivity index (χ3n) is 2.49. The lowest BCUT2D eigenvalue weighted by molar-refractivity contribution is -0.781. The summed E-state index contributed by atoms with van der Waals surface area (Å²) in [6.07, 6.45) is 3.17. The Hall–Kier alpha value is -0.800. The minimum Gasteiger partial charge on any atom is -0.308 e. The van der Waals surface area contributed by atoms with Gasteiger partial charge in [0.25, 0.3) is 5.09 Å². The second kappa shape index (κ2) is 5.04. The highest BCUT2D eigenvalue weighted by atomic mass is 17.0. The van der Waals surface area contributed by atoms with Gasteiger partial charge in [-0.3, -0.25) is 0 Å². The number of hydrogen-bond donors (Lipinski definition) is 0. The molecule has 1 atom stereocenters. The quantitative estimate of drug-likeness (QED) is 0.477. The van der Waals surface area contributed by atoms with Gasteiger partial charge >= 0.3 is 0 Å². The first-order chi connectivity index (χ1) is 5.90.